The Labute approximate surface area is 234 Å². The lowest BCUT2D eigenvalue weighted by Gasteiger charge is -2.26. The standard InChI is InChI=1S/C31H36N2O7/c1-6-7-26(36)30-29(23-10-8-22(9-11-23)18-33-12-14-37-15-13-33)31(40-32-30)25-16-24(19(2)3)27(38-20(4)34)17-28(25)39-21(5)35/h8-11,16-17,19H,6-7,12-15,18H2,1-5H3. The van der Waals surface area contributed by atoms with E-state index in [4.69, 9.17) is 18.7 Å². The normalized spacial score (nSPS) is 13.8. The monoisotopic (exact) mass is 548 g/mol. The molecule has 0 N–H and O–H groups in total. The van der Waals surface area contributed by atoms with Crippen LogP contribution in [0.15, 0.2) is 40.9 Å². The summed E-state index contributed by atoms with van der Waals surface area (Å²) < 4.78 is 22.3. The Balaban J connectivity index is 1.85. The number of rotatable bonds is 10. The number of carbonyl (C=O) groups excluding carboxylic acids is 3. The van der Waals surface area contributed by atoms with Crippen LogP contribution >= 0.6 is 0 Å². The van der Waals surface area contributed by atoms with Crippen LogP contribution in [-0.4, -0.2) is 54.1 Å². The highest BCUT2D eigenvalue weighted by atomic mass is 16.5. The largest absolute Gasteiger partial charge is 0.426 e. The third kappa shape index (κ3) is 6.84. The molecule has 0 aliphatic carbocycles. The molecule has 0 radical (unpaired) electrons. The maximum absolute atomic E-state index is 13.1. The van der Waals surface area contributed by atoms with E-state index in [-0.39, 0.29) is 23.1 Å². The van der Waals surface area contributed by atoms with Gasteiger partial charge in [0, 0.05) is 46.0 Å². The summed E-state index contributed by atoms with van der Waals surface area (Å²) in [4.78, 5) is 39.3. The molecule has 0 bridgehead atoms. The molecule has 0 saturated carbocycles. The van der Waals surface area contributed by atoms with E-state index in [0.717, 1.165) is 44.0 Å². The summed E-state index contributed by atoms with van der Waals surface area (Å²) in [5.74, 6) is -0.488. The first kappa shape index (κ1) is 29.2. The van der Waals surface area contributed by atoms with Crippen molar-refractivity contribution in [2.75, 3.05) is 26.3 Å². The van der Waals surface area contributed by atoms with Crippen LogP contribution < -0.4 is 9.47 Å². The maximum atomic E-state index is 13.1. The van der Waals surface area contributed by atoms with Crippen LogP contribution in [0.3, 0.4) is 0 Å². The smallest absolute Gasteiger partial charge is 0.308 e. The Morgan fingerprint density at radius 2 is 1.62 bits per heavy atom. The van der Waals surface area contributed by atoms with Gasteiger partial charge in [0.05, 0.1) is 24.3 Å². The molecule has 3 aromatic rings. The first-order valence-corrected chi connectivity index (χ1v) is 13.6. The van der Waals surface area contributed by atoms with Crippen molar-refractivity contribution in [1.82, 2.24) is 10.1 Å². The zero-order chi connectivity index (χ0) is 28.8. The van der Waals surface area contributed by atoms with Crippen LogP contribution in [-0.2, 0) is 20.9 Å². The number of morpholine rings is 1. The van der Waals surface area contributed by atoms with Gasteiger partial charge in [0.15, 0.2) is 17.2 Å². The first-order valence-electron chi connectivity index (χ1n) is 13.6. The summed E-state index contributed by atoms with van der Waals surface area (Å²) in [6.45, 7) is 12.5. The lowest BCUT2D eigenvalue weighted by molar-refractivity contribution is -0.132. The summed E-state index contributed by atoms with van der Waals surface area (Å²) in [5.41, 5.74) is 3.79. The van der Waals surface area contributed by atoms with Crippen LogP contribution in [0.4, 0.5) is 0 Å². The molecule has 0 atom stereocenters. The Kier molecular flexibility index (Phi) is 9.50. The number of hydrogen-bond acceptors (Lipinski definition) is 9. The number of benzene rings is 2. The van der Waals surface area contributed by atoms with E-state index < -0.39 is 11.9 Å². The molecular formula is C31H36N2O7. The Morgan fingerprint density at radius 1 is 0.975 bits per heavy atom. The van der Waals surface area contributed by atoms with Crippen molar-refractivity contribution in [3.63, 3.8) is 0 Å². The van der Waals surface area contributed by atoms with Crippen molar-refractivity contribution in [2.24, 2.45) is 0 Å². The van der Waals surface area contributed by atoms with Gasteiger partial charge in [-0.1, -0.05) is 50.2 Å². The van der Waals surface area contributed by atoms with Gasteiger partial charge < -0.3 is 18.7 Å². The number of nitrogens with zero attached hydrogens (tertiary/aromatic N) is 2. The lowest BCUT2D eigenvalue weighted by Crippen LogP contribution is -2.35. The van der Waals surface area contributed by atoms with Crippen LogP contribution in [0.2, 0.25) is 0 Å². The van der Waals surface area contributed by atoms with Crippen LogP contribution in [0, 0.1) is 0 Å². The second-order valence-corrected chi connectivity index (χ2v) is 10.2. The van der Waals surface area contributed by atoms with Gasteiger partial charge in [-0.05, 0) is 35.1 Å². The Bertz CT molecular complexity index is 1370. The van der Waals surface area contributed by atoms with Gasteiger partial charge in [-0.25, -0.2) is 0 Å². The van der Waals surface area contributed by atoms with Gasteiger partial charge in [-0.3, -0.25) is 19.3 Å². The highest BCUT2D eigenvalue weighted by Gasteiger charge is 2.28. The topological polar surface area (TPSA) is 108 Å². The van der Waals surface area contributed by atoms with Gasteiger partial charge in [0.25, 0.3) is 0 Å². The van der Waals surface area contributed by atoms with E-state index in [1.54, 1.807) is 6.07 Å². The molecule has 40 heavy (non-hydrogen) atoms. The zero-order valence-electron chi connectivity index (χ0n) is 23.7. The minimum absolute atomic E-state index is 0.0356. The average Bonchev–Trinajstić information content (AvgIpc) is 3.34. The summed E-state index contributed by atoms with van der Waals surface area (Å²) in [6, 6.07) is 11.3. The van der Waals surface area contributed by atoms with Gasteiger partial charge in [-0.15, -0.1) is 0 Å². The Hall–Kier alpha value is -3.82. The molecule has 0 unspecified atom stereocenters. The third-order valence-electron chi connectivity index (χ3n) is 6.67. The SMILES string of the molecule is CCCC(=O)c1noc(-c2cc(C(C)C)c(OC(C)=O)cc2OC(C)=O)c1-c1ccc(CN2CCOCC2)cc1. The van der Waals surface area contributed by atoms with E-state index in [1.165, 1.54) is 19.9 Å². The Morgan fingerprint density at radius 3 is 2.23 bits per heavy atom. The molecule has 1 aliphatic heterocycles. The molecule has 2 aromatic carbocycles. The third-order valence-corrected chi connectivity index (χ3v) is 6.67. The van der Waals surface area contributed by atoms with Crippen molar-refractivity contribution >= 4 is 17.7 Å². The summed E-state index contributed by atoms with van der Waals surface area (Å²) in [7, 11) is 0. The molecule has 1 fully saturated rings. The molecule has 4 rings (SSSR count). The fourth-order valence-electron chi connectivity index (χ4n) is 4.76. The van der Waals surface area contributed by atoms with Crippen molar-refractivity contribution in [3.8, 4) is 33.9 Å². The maximum Gasteiger partial charge on any atom is 0.308 e. The molecular weight excluding hydrogens is 512 g/mol. The molecule has 9 nitrogen and oxygen atoms in total. The number of esters is 2. The van der Waals surface area contributed by atoms with Gasteiger partial charge in [-0.2, -0.15) is 0 Å². The van der Waals surface area contributed by atoms with Crippen molar-refractivity contribution in [3.05, 3.63) is 53.2 Å². The summed E-state index contributed by atoms with van der Waals surface area (Å²) in [5, 5.41) is 4.20. The summed E-state index contributed by atoms with van der Waals surface area (Å²) >= 11 is 0. The molecule has 9 heteroatoms. The van der Waals surface area contributed by atoms with E-state index >= 15 is 0 Å². The van der Waals surface area contributed by atoms with E-state index in [9.17, 15) is 14.4 Å². The minimum Gasteiger partial charge on any atom is -0.426 e. The van der Waals surface area contributed by atoms with Crippen molar-refractivity contribution in [2.45, 2.75) is 59.9 Å². The number of Topliss-reactive ketones (excluding diaryl/α,β-unsaturated/α-hetero) is 1. The number of ether oxygens (including phenoxy) is 3. The van der Waals surface area contributed by atoms with Crippen LogP contribution in [0.5, 0.6) is 11.5 Å². The average molecular weight is 549 g/mol. The molecule has 1 saturated heterocycles. The molecule has 2 heterocycles. The number of aromatic nitrogens is 1. The van der Waals surface area contributed by atoms with Gasteiger partial charge >= 0.3 is 11.9 Å². The molecule has 0 amide bonds. The lowest BCUT2D eigenvalue weighted by atomic mass is 9.93. The molecule has 1 aliphatic rings. The van der Waals surface area contributed by atoms with Crippen molar-refractivity contribution < 1.29 is 33.1 Å². The van der Waals surface area contributed by atoms with E-state index in [2.05, 4.69) is 10.1 Å². The van der Waals surface area contributed by atoms with Crippen molar-refractivity contribution in [1.29, 1.82) is 0 Å². The number of hydrogen-bond donors (Lipinski definition) is 0. The zero-order valence-corrected chi connectivity index (χ0v) is 23.7. The highest BCUT2D eigenvalue weighted by molar-refractivity contribution is 6.04. The number of carbonyl (C=O) groups is 3. The minimum atomic E-state index is -0.553. The molecule has 212 valence electrons. The predicted molar refractivity (Wildman–Crippen MR) is 149 cm³/mol. The van der Waals surface area contributed by atoms with E-state index in [1.807, 2.05) is 45.0 Å². The predicted octanol–water partition coefficient (Wildman–Crippen LogP) is 5.80. The second kappa shape index (κ2) is 13.0. The number of ketones is 1. The highest BCUT2D eigenvalue weighted by Crippen LogP contribution is 2.44. The fraction of sp³-hybridized carbons (Fsp3) is 0.419. The van der Waals surface area contributed by atoms with Gasteiger partial charge in [0.2, 0.25) is 0 Å². The van der Waals surface area contributed by atoms with Crippen LogP contribution in [0.1, 0.15) is 75.0 Å². The quantitative estimate of drug-likeness (QED) is 0.176. The van der Waals surface area contributed by atoms with E-state index in [0.29, 0.717) is 41.0 Å². The van der Waals surface area contributed by atoms with Gasteiger partial charge in [0.1, 0.15) is 11.5 Å². The second-order valence-electron chi connectivity index (χ2n) is 10.2. The molecule has 0 spiro atoms. The first-order chi connectivity index (χ1) is 19.2. The van der Waals surface area contributed by atoms with Crippen LogP contribution in [0.25, 0.3) is 22.5 Å². The molecule has 1 aromatic heterocycles. The summed E-state index contributed by atoms with van der Waals surface area (Å²) in [6.07, 6.45) is 0.972. The fourth-order valence-corrected chi connectivity index (χ4v) is 4.76.